The number of para-hydroxylation sites is 1. The van der Waals surface area contributed by atoms with Gasteiger partial charge in [0.15, 0.2) is 11.8 Å². The zero-order valence-corrected chi connectivity index (χ0v) is 17.2. The van der Waals surface area contributed by atoms with Gasteiger partial charge in [-0.1, -0.05) is 23.9 Å². The number of carbonyl (C=O) groups excluding carboxylic acids is 3. The Balaban J connectivity index is 1.51. The molecule has 1 heterocycles. The molecule has 2 amide bonds. The average Bonchev–Trinajstić information content (AvgIpc) is 3.47. The Hall–Kier alpha value is -2.81. The zero-order chi connectivity index (χ0) is 20.8. The zero-order valence-electron chi connectivity index (χ0n) is 16.4. The number of carbonyl (C=O) groups is 3. The van der Waals surface area contributed by atoms with Crippen molar-refractivity contribution < 1.29 is 19.1 Å². The first-order valence-corrected chi connectivity index (χ1v) is 10.4. The Morgan fingerprint density at radius 2 is 2.03 bits per heavy atom. The molecule has 0 saturated heterocycles. The lowest BCUT2D eigenvalue weighted by molar-refractivity contribution is -0.125. The maximum Gasteiger partial charge on any atom is 0.340 e. The fourth-order valence-corrected chi connectivity index (χ4v) is 3.53. The normalized spacial score (nSPS) is 14.1. The van der Waals surface area contributed by atoms with E-state index in [1.165, 1.54) is 11.8 Å². The molecule has 2 aromatic rings. The number of benzene rings is 1. The number of esters is 1. The van der Waals surface area contributed by atoms with Crippen LogP contribution in [0, 0.1) is 5.92 Å². The number of nitrogens with zero attached hydrogens (tertiary/aromatic N) is 2. The molecule has 0 spiro atoms. The fourth-order valence-electron chi connectivity index (χ4n) is 2.80. The van der Waals surface area contributed by atoms with Crippen molar-refractivity contribution in [3.8, 4) is 0 Å². The first kappa shape index (κ1) is 20.9. The van der Waals surface area contributed by atoms with Gasteiger partial charge in [-0.15, -0.1) is 0 Å². The van der Waals surface area contributed by atoms with E-state index in [4.69, 9.17) is 4.74 Å². The first-order chi connectivity index (χ1) is 13.9. The number of rotatable bonds is 9. The minimum atomic E-state index is -0.660. The summed E-state index contributed by atoms with van der Waals surface area (Å²) in [7, 11) is 1.85. The highest BCUT2D eigenvalue weighted by Crippen LogP contribution is 2.32. The highest BCUT2D eigenvalue weighted by molar-refractivity contribution is 7.99. The average molecular weight is 417 g/mol. The van der Waals surface area contributed by atoms with Gasteiger partial charge in [0.2, 0.25) is 5.91 Å². The molecule has 1 aliphatic rings. The number of amides is 2. The highest BCUT2D eigenvalue weighted by atomic mass is 32.2. The van der Waals surface area contributed by atoms with E-state index in [2.05, 4.69) is 15.6 Å². The van der Waals surface area contributed by atoms with Crippen LogP contribution in [0.3, 0.4) is 0 Å². The summed E-state index contributed by atoms with van der Waals surface area (Å²) in [6, 6.07) is 6.64. The molecule has 3 rings (SSSR count). The summed E-state index contributed by atoms with van der Waals surface area (Å²) in [5, 5.41) is 6.27. The third kappa shape index (κ3) is 6.08. The number of ether oxygens (including phenoxy) is 1. The molecule has 154 valence electrons. The lowest BCUT2D eigenvalue weighted by Gasteiger charge is -2.14. The van der Waals surface area contributed by atoms with E-state index in [-0.39, 0.29) is 35.8 Å². The predicted octanol–water partition coefficient (Wildman–Crippen LogP) is 2.22. The summed E-state index contributed by atoms with van der Waals surface area (Å²) in [6.07, 6.45) is 5.69. The van der Waals surface area contributed by atoms with Crippen molar-refractivity contribution in [2.24, 2.45) is 13.0 Å². The number of thioether (sulfide) groups is 1. The largest absolute Gasteiger partial charge is 0.452 e. The van der Waals surface area contributed by atoms with Crippen LogP contribution >= 0.6 is 11.8 Å². The number of nitrogens with one attached hydrogen (secondary N) is 2. The van der Waals surface area contributed by atoms with Gasteiger partial charge in [0.1, 0.15) is 0 Å². The van der Waals surface area contributed by atoms with Crippen LogP contribution < -0.4 is 10.6 Å². The van der Waals surface area contributed by atoms with Crippen LogP contribution in [-0.4, -0.2) is 45.7 Å². The van der Waals surface area contributed by atoms with Crippen molar-refractivity contribution in [3.05, 3.63) is 42.2 Å². The highest BCUT2D eigenvalue weighted by Gasteiger charge is 2.29. The van der Waals surface area contributed by atoms with Crippen molar-refractivity contribution in [2.75, 3.05) is 17.7 Å². The van der Waals surface area contributed by atoms with E-state index in [9.17, 15) is 14.4 Å². The molecule has 0 unspecified atom stereocenters. The van der Waals surface area contributed by atoms with Crippen LogP contribution in [0.25, 0.3) is 0 Å². The van der Waals surface area contributed by atoms with Crippen LogP contribution in [0.2, 0.25) is 0 Å². The van der Waals surface area contributed by atoms with Gasteiger partial charge in [0.05, 0.1) is 17.0 Å². The standard InChI is InChI=1S/C20H24N4O4S/c1-13(14-7-8-14)22-17(25)11-28-19(27)15-5-3-4-6-16(15)23-18(26)12-29-20-21-9-10-24(20)2/h3-6,9-10,13-14H,7-8,11-12H2,1-2H3,(H,22,25)(H,23,26)/t13-/m0/s1. The number of aryl methyl sites for hydroxylation is 1. The predicted molar refractivity (Wildman–Crippen MR) is 110 cm³/mol. The van der Waals surface area contributed by atoms with Crippen molar-refractivity contribution in [2.45, 2.75) is 31.0 Å². The van der Waals surface area contributed by atoms with Gasteiger partial charge in [-0.25, -0.2) is 9.78 Å². The summed E-state index contributed by atoms with van der Waals surface area (Å²) in [6.45, 7) is 1.60. The molecule has 1 atom stereocenters. The second-order valence-electron chi connectivity index (χ2n) is 6.97. The first-order valence-electron chi connectivity index (χ1n) is 9.39. The van der Waals surface area contributed by atoms with Crippen LogP contribution in [-0.2, 0) is 21.4 Å². The molecule has 29 heavy (non-hydrogen) atoms. The maximum absolute atomic E-state index is 12.4. The molecule has 0 radical (unpaired) electrons. The van der Waals surface area contributed by atoms with Gasteiger partial charge in [-0.05, 0) is 37.8 Å². The quantitative estimate of drug-likeness (QED) is 0.480. The molecule has 1 fully saturated rings. The lowest BCUT2D eigenvalue weighted by atomic mass is 10.2. The molecule has 0 bridgehead atoms. The summed E-state index contributed by atoms with van der Waals surface area (Å²) < 4.78 is 6.94. The number of imidazole rings is 1. The molecule has 0 aliphatic heterocycles. The van der Waals surface area contributed by atoms with Crippen molar-refractivity contribution >= 4 is 35.2 Å². The fraction of sp³-hybridized carbons (Fsp3) is 0.400. The Labute approximate surface area is 173 Å². The van der Waals surface area contributed by atoms with E-state index >= 15 is 0 Å². The van der Waals surface area contributed by atoms with Gasteiger partial charge in [0.25, 0.3) is 5.91 Å². The molecule has 9 heteroatoms. The topological polar surface area (TPSA) is 102 Å². The molecular weight excluding hydrogens is 392 g/mol. The van der Waals surface area contributed by atoms with Crippen molar-refractivity contribution in [3.63, 3.8) is 0 Å². The van der Waals surface area contributed by atoms with Crippen LogP contribution in [0.4, 0.5) is 5.69 Å². The minimum Gasteiger partial charge on any atom is -0.452 e. The molecular formula is C20H24N4O4S. The summed E-state index contributed by atoms with van der Waals surface area (Å²) in [5.41, 5.74) is 0.542. The van der Waals surface area contributed by atoms with Crippen molar-refractivity contribution in [1.82, 2.24) is 14.9 Å². The number of hydrogen-bond acceptors (Lipinski definition) is 6. The van der Waals surface area contributed by atoms with Gasteiger partial charge in [-0.3, -0.25) is 9.59 Å². The van der Waals surface area contributed by atoms with Crippen LogP contribution in [0.1, 0.15) is 30.1 Å². The van der Waals surface area contributed by atoms with Crippen LogP contribution in [0.15, 0.2) is 41.8 Å². The molecule has 1 aromatic carbocycles. The summed E-state index contributed by atoms with van der Waals surface area (Å²) >= 11 is 1.29. The molecule has 2 N–H and O–H groups in total. The smallest absolute Gasteiger partial charge is 0.340 e. The monoisotopic (exact) mass is 416 g/mol. The maximum atomic E-state index is 12.4. The number of aromatic nitrogens is 2. The lowest BCUT2D eigenvalue weighted by Crippen LogP contribution is -2.37. The second-order valence-corrected chi connectivity index (χ2v) is 7.92. The van der Waals surface area contributed by atoms with Gasteiger partial charge in [0, 0.05) is 25.5 Å². The molecule has 1 saturated carbocycles. The Morgan fingerprint density at radius 1 is 1.28 bits per heavy atom. The van der Waals surface area contributed by atoms with Gasteiger partial charge < -0.3 is 19.9 Å². The van der Waals surface area contributed by atoms with E-state index in [1.807, 2.05) is 18.5 Å². The molecule has 1 aromatic heterocycles. The van der Waals surface area contributed by atoms with Crippen molar-refractivity contribution in [1.29, 1.82) is 0 Å². The summed E-state index contributed by atoms with van der Waals surface area (Å²) in [5.74, 6) is -0.587. The third-order valence-corrected chi connectivity index (χ3v) is 5.64. The third-order valence-electron chi connectivity index (χ3n) is 4.58. The van der Waals surface area contributed by atoms with E-state index in [0.717, 1.165) is 18.0 Å². The summed E-state index contributed by atoms with van der Waals surface area (Å²) in [4.78, 5) is 40.8. The van der Waals surface area contributed by atoms with E-state index < -0.39 is 5.97 Å². The number of anilines is 1. The Morgan fingerprint density at radius 3 is 2.72 bits per heavy atom. The molecule has 8 nitrogen and oxygen atoms in total. The Kier molecular flexibility index (Phi) is 6.92. The van der Waals surface area contributed by atoms with E-state index in [1.54, 1.807) is 36.7 Å². The second kappa shape index (κ2) is 9.60. The van der Waals surface area contributed by atoms with Gasteiger partial charge in [-0.2, -0.15) is 0 Å². The van der Waals surface area contributed by atoms with E-state index in [0.29, 0.717) is 11.6 Å². The van der Waals surface area contributed by atoms with Gasteiger partial charge >= 0.3 is 5.97 Å². The van der Waals surface area contributed by atoms with Crippen LogP contribution in [0.5, 0.6) is 0 Å². The SMILES string of the molecule is C[C@H](NC(=O)COC(=O)c1ccccc1NC(=O)CSc1nccn1C)C1CC1. The molecule has 1 aliphatic carbocycles. The number of hydrogen-bond donors (Lipinski definition) is 2. The Bertz CT molecular complexity index is 894. The minimum absolute atomic E-state index is 0.0870.